The maximum absolute atomic E-state index is 12.8. The first-order valence-electron chi connectivity index (χ1n) is 8.01. The number of halogens is 4. The van der Waals surface area contributed by atoms with Crippen molar-refractivity contribution in [2.75, 3.05) is 6.54 Å². The molecular formula is C17H22ClF3N2O. The second-order valence-electron chi connectivity index (χ2n) is 6.85. The van der Waals surface area contributed by atoms with Gasteiger partial charge in [-0.2, -0.15) is 13.2 Å². The fourth-order valence-electron chi connectivity index (χ4n) is 3.40. The van der Waals surface area contributed by atoms with E-state index in [2.05, 4.69) is 5.32 Å². The fraction of sp³-hybridized carbons (Fsp3) is 0.588. The number of rotatable bonds is 4. The van der Waals surface area contributed by atoms with Gasteiger partial charge in [-0.1, -0.05) is 18.2 Å². The molecule has 2 aliphatic rings. The maximum Gasteiger partial charge on any atom is 0.416 e. The van der Waals surface area contributed by atoms with Crippen LogP contribution in [0.4, 0.5) is 13.2 Å². The van der Waals surface area contributed by atoms with Gasteiger partial charge in [-0.3, -0.25) is 4.79 Å². The van der Waals surface area contributed by atoms with E-state index in [1.807, 2.05) is 0 Å². The highest BCUT2D eigenvalue weighted by atomic mass is 35.5. The van der Waals surface area contributed by atoms with Crippen LogP contribution < -0.4 is 11.1 Å². The van der Waals surface area contributed by atoms with Crippen molar-refractivity contribution in [1.82, 2.24) is 5.32 Å². The SMILES string of the molecule is Cl.NC1CCC(C(=O)NCC2(c3cccc(C(F)(F)F)c3)CC2)C1. The molecule has 3 N–H and O–H groups in total. The molecule has 134 valence electrons. The van der Waals surface area contributed by atoms with E-state index in [0.29, 0.717) is 18.5 Å². The van der Waals surface area contributed by atoms with E-state index < -0.39 is 11.7 Å². The third-order valence-electron chi connectivity index (χ3n) is 5.10. The molecule has 2 atom stereocenters. The summed E-state index contributed by atoms with van der Waals surface area (Å²) >= 11 is 0. The van der Waals surface area contributed by atoms with Gasteiger partial charge in [0.25, 0.3) is 0 Å². The topological polar surface area (TPSA) is 55.1 Å². The Kier molecular flexibility index (Phi) is 5.50. The molecule has 0 bridgehead atoms. The second-order valence-corrected chi connectivity index (χ2v) is 6.85. The third-order valence-corrected chi connectivity index (χ3v) is 5.10. The Bertz CT molecular complexity index is 602. The molecular weight excluding hydrogens is 341 g/mol. The first-order valence-corrected chi connectivity index (χ1v) is 8.01. The number of nitrogens with two attached hydrogens (primary N) is 1. The van der Waals surface area contributed by atoms with Gasteiger partial charge in [0.05, 0.1) is 5.56 Å². The maximum atomic E-state index is 12.8. The van der Waals surface area contributed by atoms with E-state index in [4.69, 9.17) is 5.73 Å². The molecule has 3 nitrogen and oxygen atoms in total. The molecule has 0 saturated heterocycles. The lowest BCUT2D eigenvalue weighted by Gasteiger charge is -2.19. The molecule has 24 heavy (non-hydrogen) atoms. The Morgan fingerprint density at radius 1 is 1.29 bits per heavy atom. The normalized spacial score (nSPS) is 25.0. The van der Waals surface area contributed by atoms with Crippen molar-refractivity contribution in [3.8, 4) is 0 Å². The van der Waals surface area contributed by atoms with Crippen LogP contribution in [0.25, 0.3) is 0 Å². The Morgan fingerprint density at radius 3 is 2.54 bits per heavy atom. The van der Waals surface area contributed by atoms with Crippen molar-refractivity contribution in [2.24, 2.45) is 11.7 Å². The highest BCUT2D eigenvalue weighted by Crippen LogP contribution is 2.48. The number of carbonyl (C=O) groups excluding carboxylic acids is 1. The number of benzene rings is 1. The Morgan fingerprint density at radius 2 is 2.00 bits per heavy atom. The number of hydrogen-bond acceptors (Lipinski definition) is 2. The zero-order valence-electron chi connectivity index (χ0n) is 13.2. The number of alkyl halides is 3. The van der Waals surface area contributed by atoms with Gasteiger partial charge in [-0.05, 0) is 43.7 Å². The van der Waals surface area contributed by atoms with Gasteiger partial charge in [-0.15, -0.1) is 12.4 Å². The number of carbonyl (C=O) groups is 1. The summed E-state index contributed by atoms with van der Waals surface area (Å²) in [6.45, 7) is 0.402. The molecule has 1 amide bonds. The summed E-state index contributed by atoms with van der Waals surface area (Å²) in [5.41, 5.74) is 5.52. The summed E-state index contributed by atoms with van der Waals surface area (Å²) in [6.07, 6.45) is -0.379. The Hall–Kier alpha value is -1.27. The molecule has 3 rings (SSSR count). The van der Waals surface area contributed by atoms with Crippen LogP contribution in [0.5, 0.6) is 0 Å². The van der Waals surface area contributed by atoms with E-state index in [-0.39, 0.29) is 35.7 Å². The molecule has 0 radical (unpaired) electrons. The molecule has 2 unspecified atom stereocenters. The molecule has 2 saturated carbocycles. The van der Waals surface area contributed by atoms with E-state index in [0.717, 1.165) is 31.7 Å². The van der Waals surface area contributed by atoms with Gasteiger partial charge in [0.2, 0.25) is 5.91 Å². The smallest absolute Gasteiger partial charge is 0.355 e. The van der Waals surface area contributed by atoms with Gasteiger partial charge in [0.1, 0.15) is 0 Å². The van der Waals surface area contributed by atoms with Crippen LogP contribution in [0.1, 0.15) is 43.2 Å². The molecule has 1 aromatic rings. The molecule has 0 heterocycles. The molecule has 1 aromatic carbocycles. The minimum atomic E-state index is -4.34. The number of nitrogens with one attached hydrogen (secondary N) is 1. The first-order chi connectivity index (χ1) is 10.8. The molecule has 0 aliphatic heterocycles. The summed E-state index contributed by atoms with van der Waals surface area (Å²) in [5.74, 6) is -0.0708. The van der Waals surface area contributed by atoms with Gasteiger partial charge < -0.3 is 11.1 Å². The van der Waals surface area contributed by atoms with Crippen molar-refractivity contribution in [3.05, 3.63) is 35.4 Å². The number of amides is 1. The van der Waals surface area contributed by atoms with Gasteiger partial charge in [0, 0.05) is 23.9 Å². The zero-order chi connectivity index (χ0) is 16.7. The van der Waals surface area contributed by atoms with Crippen LogP contribution in [-0.2, 0) is 16.4 Å². The Balaban J connectivity index is 0.00000208. The largest absolute Gasteiger partial charge is 0.416 e. The quantitative estimate of drug-likeness (QED) is 0.862. The Labute approximate surface area is 145 Å². The van der Waals surface area contributed by atoms with Crippen molar-refractivity contribution >= 4 is 18.3 Å². The van der Waals surface area contributed by atoms with Crippen molar-refractivity contribution < 1.29 is 18.0 Å². The summed E-state index contributed by atoms with van der Waals surface area (Å²) in [7, 11) is 0. The van der Waals surface area contributed by atoms with Crippen LogP contribution in [0.15, 0.2) is 24.3 Å². The van der Waals surface area contributed by atoms with Crippen molar-refractivity contribution in [3.63, 3.8) is 0 Å². The highest BCUT2D eigenvalue weighted by Gasteiger charge is 2.45. The van der Waals surface area contributed by atoms with Crippen molar-refractivity contribution in [1.29, 1.82) is 0 Å². The van der Waals surface area contributed by atoms with Crippen LogP contribution in [0, 0.1) is 5.92 Å². The fourth-order valence-corrected chi connectivity index (χ4v) is 3.40. The molecule has 0 spiro atoms. The minimum absolute atomic E-state index is 0. The van der Waals surface area contributed by atoms with Crippen LogP contribution in [-0.4, -0.2) is 18.5 Å². The summed E-state index contributed by atoms with van der Waals surface area (Å²) in [6, 6.07) is 5.54. The third kappa shape index (κ3) is 4.03. The summed E-state index contributed by atoms with van der Waals surface area (Å²) < 4.78 is 38.5. The molecule has 0 aromatic heterocycles. The molecule has 7 heteroatoms. The number of hydrogen-bond donors (Lipinski definition) is 2. The predicted molar refractivity (Wildman–Crippen MR) is 87.9 cm³/mol. The van der Waals surface area contributed by atoms with Gasteiger partial charge in [-0.25, -0.2) is 0 Å². The van der Waals surface area contributed by atoms with Crippen molar-refractivity contribution in [2.45, 2.75) is 49.7 Å². The first kappa shape index (κ1) is 19.1. The van der Waals surface area contributed by atoms with E-state index >= 15 is 0 Å². The minimum Gasteiger partial charge on any atom is -0.355 e. The molecule has 2 fully saturated rings. The average molecular weight is 363 g/mol. The summed E-state index contributed by atoms with van der Waals surface area (Å²) in [5, 5.41) is 2.93. The molecule has 2 aliphatic carbocycles. The predicted octanol–water partition coefficient (Wildman–Crippen LogP) is 3.40. The van der Waals surface area contributed by atoms with Gasteiger partial charge in [0.15, 0.2) is 0 Å². The zero-order valence-corrected chi connectivity index (χ0v) is 14.1. The van der Waals surface area contributed by atoms with E-state index in [1.165, 1.54) is 12.1 Å². The standard InChI is InChI=1S/C17H21F3N2O.ClH/c18-17(19,20)13-3-1-2-12(9-13)16(6-7-16)10-22-15(23)11-4-5-14(21)8-11;/h1-3,9,11,14H,4-8,10,21H2,(H,22,23);1H. The lowest BCUT2D eigenvalue weighted by Crippen LogP contribution is -2.36. The summed E-state index contributed by atoms with van der Waals surface area (Å²) in [4.78, 5) is 12.2. The average Bonchev–Trinajstić information content (AvgIpc) is 3.18. The monoisotopic (exact) mass is 362 g/mol. The lowest BCUT2D eigenvalue weighted by atomic mass is 9.93. The van der Waals surface area contributed by atoms with E-state index in [1.54, 1.807) is 6.07 Å². The highest BCUT2D eigenvalue weighted by molar-refractivity contribution is 5.85. The van der Waals surface area contributed by atoms with Crippen LogP contribution >= 0.6 is 12.4 Å². The van der Waals surface area contributed by atoms with Gasteiger partial charge >= 0.3 is 6.18 Å². The van der Waals surface area contributed by atoms with Crippen LogP contribution in [0.3, 0.4) is 0 Å². The lowest BCUT2D eigenvalue weighted by molar-refractivity contribution is -0.137. The van der Waals surface area contributed by atoms with E-state index in [9.17, 15) is 18.0 Å². The van der Waals surface area contributed by atoms with Crippen LogP contribution in [0.2, 0.25) is 0 Å². The second kappa shape index (κ2) is 6.92.